The van der Waals surface area contributed by atoms with Crippen molar-refractivity contribution in [3.8, 4) is 0 Å². The van der Waals surface area contributed by atoms with E-state index in [0.29, 0.717) is 10.5 Å². The van der Waals surface area contributed by atoms with E-state index in [-0.39, 0.29) is 0 Å². The molecule has 1 aromatic heterocycles. The summed E-state index contributed by atoms with van der Waals surface area (Å²) in [5, 5.41) is 1.85. The highest BCUT2D eigenvalue weighted by Gasteiger charge is 2.28. The molecule has 0 radical (unpaired) electrons. The van der Waals surface area contributed by atoms with Gasteiger partial charge in [-0.25, -0.2) is 4.98 Å². The van der Waals surface area contributed by atoms with Gasteiger partial charge in [-0.1, -0.05) is 33.0 Å². The zero-order valence-corrected chi connectivity index (χ0v) is 13.8. The predicted molar refractivity (Wildman–Crippen MR) is 85.3 cm³/mol. The first-order chi connectivity index (χ1) is 8.52. The van der Waals surface area contributed by atoms with Crippen LogP contribution in [-0.4, -0.2) is 26.2 Å². The molecule has 1 fully saturated rings. The molecule has 1 N–H and O–H groups in total. The van der Waals surface area contributed by atoms with E-state index in [1.54, 1.807) is 0 Å². The molecule has 0 saturated carbocycles. The van der Waals surface area contributed by atoms with Gasteiger partial charge in [-0.3, -0.25) is 0 Å². The van der Waals surface area contributed by atoms with Crippen LogP contribution in [0.25, 0.3) is 0 Å². The Kier molecular flexibility index (Phi) is 4.78. The van der Waals surface area contributed by atoms with E-state index in [0.717, 1.165) is 33.5 Å². The molecule has 0 aromatic carbocycles. The summed E-state index contributed by atoms with van der Waals surface area (Å²) in [5.41, 5.74) is 2.37. The summed E-state index contributed by atoms with van der Waals surface area (Å²) < 4.78 is 0.762. The number of H-pyrrole nitrogens is 1. The van der Waals surface area contributed by atoms with Crippen LogP contribution in [0.4, 0.5) is 0 Å². The van der Waals surface area contributed by atoms with Crippen LogP contribution in [-0.2, 0) is 6.42 Å². The summed E-state index contributed by atoms with van der Waals surface area (Å²) in [6.07, 6.45) is 0.988. The maximum Gasteiger partial charge on any atom is 0.132 e. The van der Waals surface area contributed by atoms with Crippen molar-refractivity contribution in [1.82, 2.24) is 9.97 Å². The van der Waals surface area contributed by atoms with E-state index < -0.39 is 0 Å². The number of thioether (sulfide) groups is 2. The molecule has 2 nitrogen and oxygen atoms in total. The predicted octanol–water partition coefficient (Wildman–Crippen LogP) is 4.31. The van der Waals surface area contributed by atoms with Gasteiger partial charge in [-0.15, -0.1) is 11.8 Å². The third-order valence-electron chi connectivity index (χ3n) is 3.48. The smallest absolute Gasteiger partial charge is 0.132 e. The highest BCUT2D eigenvalue weighted by atomic mass is 32.2. The third-order valence-corrected chi connectivity index (χ3v) is 7.28. The molecule has 5 heteroatoms. The van der Waals surface area contributed by atoms with Crippen molar-refractivity contribution < 1.29 is 0 Å². The Bertz CT molecular complexity index is 484. The monoisotopic (exact) mass is 300 g/mol. The van der Waals surface area contributed by atoms with Crippen LogP contribution in [0.2, 0.25) is 0 Å². The highest BCUT2D eigenvalue weighted by Crippen LogP contribution is 2.43. The lowest BCUT2D eigenvalue weighted by atomic mass is 10.2. The molecule has 100 valence electrons. The van der Waals surface area contributed by atoms with Crippen molar-refractivity contribution in [1.29, 1.82) is 0 Å². The average molecular weight is 301 g/mol. The third kappa shape index (κ3) is 2.94. The number of aromatic nitrogens is 2. The van der Waals surface area contributed by atoms with Crippen molar-refractivity contribution in [2.45, 2.75) is 49.9 Å². The van der Waals surface area contributed by atoms with Crippen molar-refractivity contribution in [2.24, 2.45) is 0 Å². The number of nitrogens with one attached hydrogen (secondary N) is 1. The molecule has 1 aliphatic heterocycles. The molecule has 1 aliphatic rings. The molecule has 0 bridgehead atoms. The van der Waals surface area contributed by atoms with Gasteiger partial charge in [0.2, 0.25) is 0 Å². The fourth-order valence-corrected chi connectivity index (χ4v) is 5.12. The average Bonchev–Trinajstić information content (AvgIpc) is 2.36. The van der Waals surface area contributed by atoms with Crippen LogP contribution < -0.4 is 0 Å². The molecule has 18 heavy (non-hydrogen) atoms. The molecule has 3 unspecified atom stereocenters. The van der Waals surface area contributed by atoms with Crippen LogP contribution in [0.15, 0.2) is 0 Å². The van der Waals surface area contributed by atoms with Crippen molar-refractivity contribution in [3.05, 3.63) is 21.7 Å². The first-order valence-electron chi connectivity index (χ1n) is 6.39. The molecular weight excluding hydrogens is 280 g/mol. The summed E-state index contributed by atoms with van der Waals surface area (Å²) in [7, 11) is 0. The van der Waals surface area contributed by atoms with Gasteiger partial charge in [0.15, 0.2) is 0 Å². The molecule has 2 rings (SSSR count). The standard InChI is InChI=1S/C13H20N2S3/c1-5-10-7(2)13(16)15-12(14-10)11-6-17-8(3)9(4)18-11/h8-9,11H,5-6H2,1-4H3,(H,14,15,16). The van der Waals surface area contributed by atoms with Gasteiger partial charge in [0.05, 0.1) is 5.25 Å². The summed E-state index contributed by atoms with van der Waals surface area (Å²) in [6, 6.07) is 0. The fourth-order valence-electron chi connectivity index (χ4n) is 2.03. The van der Waals surface area contributed by atoms with Gasteiger partial charge in [0.25, 0.3) is 0 Å². The number of hydrogen-bond acceptors (Lipinski definition) is 4. The van der Waals surface area contributed by atoms with Crippen LogP contribution in [0.5, 0.6) is 0 Å². The van der Waals surface area contributed by atoms with Gasteiger partial charge < -0.3 is 4.98 Å². The van der Waals surface area contributed by atoms with Crippen molar-refractivity contribution >= 4 is 35.7 Å². The number of aromatic amines is 1. The van der Waals surface area contributed by atoms with Gasteiger partial charge in [-0.05, 0) is 13.3 Å². The van der Waals surface area contributed by atoms with E-state index in [1.165, 1.54) is 5.69 Å². The lowest BCUT2D eigenvalue weighted by Gasteiger charge is -2.30. The second-order valence-corrected chi connectivity index (χ2v) is 8.13. The lowest BCUT2D eigenvalue weighted by Crippen LogP contribution is -2.23. The SMILES string of the molecule is CCc1[nH]c(C2CSC(C)C(C)S2)nc(=S)c1C. The first kappa shape index (κ1) is 14.4. The quantitative estimate of drug-likeness (QED) is 0.824. The highest BCUT2D eigenvalue weighted by molar-refractivity contribution is 8.07. The van der Waals surface area contributed by atoms with E-state index in [9.17, 15) is 0 Å². The summed E-state index contributed by atoms with van der Waals surface area (Å²) in [6.45, 7) is 8.82. The van der Waals surface area contributed by atoms with Crippen LogP contribution in [0.1, 0.15) is 43.1 Å². The number of hydrogen-bond donors (Lipinski definition) is 1. The van der Waals surface area contributed by atoms with Gasteiger partial charge in [0.1, 0.15) is 10.5 Å². The zero-order valence-electron chi connectivity index (χ0n) is 11.3. The maximum absolute atomic E-state index is 5.37. The zero-order chi connectivity index (χ0) is 13.3. The van der Waals surface area contributed by atoms with Gasteiger partial charge in [0, 0.05) is 27.5 Å². The molecule has 2 heterocycles. The minimum absolute atomic E-state index is 0.453. The van der Waals surface area contributed by atoms with Crippen molar-refractivity contribution in [2.75, 3.05) is 5.75 Å². The van der Waals surface area contributed by atoms with Crippen molar-refractivity contribution in [3.63, 3.8) is 0 Å². The van der Waals surface area contributed by atoms with E-state index >= 15 is 0 Å². The Morgan fingerprint density at radius 2 is 2.11 bits per heavy atom. The van der Waals surface area contributed by atoms with Crippen LogP contribution in [0, 0.1) is 11.6 Å². The van der Waals surface area contributed by atoms with Gasteiger partial charge >= 0.3 is 0 Å². The number of rotatable bonds is 2. The summed E-state index contributed by atoms with van der Waals surface area (Å²) in [5.74, 6) is 2.19. The maximum atomic E-state index is 5.37. The molecule has 0 aliphatic carbocycles. The number of nitrogens with zero attached hydrogens (tertiary/aromatic N) is 1. The first-order valence-corrected chi connectivity index (χ1v) is 8.79. The topological polar surface area (TPSA) is 28.7 Å². The Balaban J connectivity index is 2.29. The van der Waals surface area contributed by atoms with E-state index in [1.807, 2.05) is 23.5 Å². The Morgan fingerprint density at radius 1 is 1.39 bits per heavy atom. The molecular formula is C13H20N2S3. The lowest BCUT2D eigenvalue weighted by molar-refractivity contribution is 0.830. The molecule has 1 aromatic rings. The van der Waals surface area contributed by atoms with Gasteiger partial charge in [-0.2, -0.15) is 11.8 Å². The fraction of sp³-hybridized carbons (Fsp3) is 0.692. The Hall–Kier alpha value is -0.0000000000000000833. The summed E-state index contributed by atoms with van der Waals surface area (Å²) >= 11 is 9.43. The second kappa shape index (κ2) is 5.97. The normalized spacial score (nSPS) is 28.3. The second-order valence-electron chi connectivity index (χ2n) is 4.75. The van der Waals surface area contributed by atoms with E-state index in [4.69, 9.17) is 12.2 Å². The van der Waals surface area contributed by atoms with Crippen LogP contribution in [0.3, 0.4) is 0 Å². The van der Waals surface area contributed by atoms with Crippen LogP contribution >= 0.6 is 35.7 Å². The Labute approximate surface area is 123 Å². The molecule has 0 spiro atoms. The largest absolute Gasteiger partial charge is 0.346 e. The number of aryl methyl sites for hydroxylation is 1. The Morgan fingerprint density at radius 3 is 2.72 bits per heavy atom. The molecule has 3 atom stereocenters. The summed E-state index contributed by atoms with van der Waals surface area (Å²) in [4.78, 5) is 8.09. The molecule has 0 amide bonds. The van der Waals surface area contributed by atoms with E-state index in [2.05, 4.69) is 37.7 Å². The minimum atomic E-state index is 0.453. The minimum Gasteiger partial charge on any atom is -0.346 e. The molecule has 1 saturated heterocycles.